The second-order valence-corrected chi connectivity index (χ2v) is 8.78. The first-order chi connectivity index (χ1) is 18.0. The van der Waals surface area contributed by atoms with Gasteiger partial charge in [0.1, 0.15) is 18.7 Å². The van der Waals surface area contributed by atoms with E-state index in [0.717, 1.165) is 27.8 Å². The summed E-state index contributed by atoms with van der Waals surface area (Å²) < 4.78 is 15.9. The van der Waals surface area contributed by atoms with E-state index in [0.29, 0.717) is 0 Å². The predicted molar refractivity (Wildman–Crippen MR) is 138 cm³/mol. The summed E-state index contributed by atoms with van der Waals surface area (Å²) in [5, 5.41) is 5.13. The van der Waals surface area contributed by atoms with Crippen molar-refractivity contribution in [3.8, 4) is 11.1 Å². The lowest BCUT2D eigenvalue weighted by atomic mass is 9.98. The van der Waals surface area contributed by atoms with Gasteiger partial charge in [-0.25, -0.2) is 9.59 Å². The zero-order valence-electron chi connectivity index (χ0n) is 20.8. The SMILES string of the molecule is COC(=O)[C@H](C)NC(=O)[C@H](COCc1ccccc1)NC(=O)OCC1c2ccccc2-c2ccccc21. The summed E-state index contributed by atoms with van der Waals surface area (Å²) >= 11 is 0. The van der Waals surface area contributed by atoms with Gasteiger partial charge in [-0.1, -0.05) is 78.9 Å². The smallest absolute Gasteiger partial charge is 0.407 e. The third kappa shape index (κ3) is 6.34. The number of amides is 2. The molecular weight excluding hydrogens is 472 g/mol. The molecule has 8 heteroatoms. The summed E-state index contributed by atoms with van der Waals surface area (Å²) in [6, 6.07) is 23.6. The molecule has 0 saturated heterocycles. The number of fused-ring (bicyclic) bond motifs is 3. The van der Waals surface area contributed by atoms with Crippen molar-refractivity contribution >= 4 is 18.0 Å². The summed E-state index contributed by atoms with van der Waals surface area (Å²) in [6.07, 6.45) is -0.754. The zero-order chi connectivity index (χ0) is 26.2. The van der Waals surface area contributed by atoms with E-state index in [1.165, 1.54) is 14.0 Å². The van der Waals surface area contributed by atoms with E-state index in [1.807, 2.05) is 66.7 Å². The van der Waals surface area contributed by atoms with Crippen LogP contribution in [0.25, 0.3) is 11.1 Å². The number of rotatable bonds is 10. The molecule has 8 nitrogen and oxygen atoms in total. The number of hydrogen-bond donors (Lipinski definition) is 2. The van der Waals surface area contributed by atoms with Crippen molar-refractivity contribution in [2.24, 2.45) is 0 Å². The molecule has 2 atom stereocenters. The van der Waals surface area contributed by atoms with Gasteiger partial charge in [0.05, 0.1) is 20.3 Å². The number of methoxy groups -OCH3 is 1. The monoisotopic (exact) mass is 502 g/mol. The van der Waals surface area contributed by atoms with Crippen molar-refractivity contribution in [2.75, 3.05) is 20.3 Å². The van der Waals surface area contributed by atoms with Gasteiger partial charge < -0.3 is 24.8 Å². The van der Waals surface area contributed by atoms with Gasteiger partial charge in [0.15, 0.2) is 0 Å². The van der Waals surface area contributed by atoms with Gasteiger partial charge in [-0.15, -0.1) is 0 Å². The largest absolute Gasteiger partial charge is 0.467 e. The van der Waals surface area contributed by atoms with Crippen LogP contribution < -0.4 is 10.6 Å². The minimum absolute atomic E-state index is 0.109. The third-order valence-corrected chi connectivity index (χ3v) is 6.26. The minimum Gasteiger partial charge on any atom is -0.467 e. The molecule has 3 aromatic rings. The fourth-order valence-electron chi connectivity index (χ4n) is 4.38. The molecular formula is C29H30N2O6. The van der Waals surface area contributed by atoms with E-state index in [-0.39, 0.29) is 25.7 Å². The number of benzene rings is 3. The second-order valence-electron chi connectivity index (χ2n) is 8.78. The maximum atomic E-state index is 12.9. The van der Waals surface area contributed by atoms with E-state index in [1.54, 1.807) is 0 Å². The van der Waals surface area contributed by atoms with Gasteiger partial charge in [-0.3, -0.25) is 4.79 Å². The quantitative estimate of drug-likeness (QED) is 0.409. The molecule has 0 heterocycles. The van der Waals surface area contributed by atoms with Gasteiger partial charge in [0.25, 0.3) is 0 Å². The Morgan fingerprint density at radius 2 is 1.43 bits per heavy atom. The van der Waals surface area contributed by atoms with Gasteiger partial charge in [-0.05, 0) is 34.7 Å². The molecule has 0 bridgehead atoms. The van der Waals surface area contributed by atoms with Gasteiger partial charge in [-0.2, -0.15) is 0 Å². The Morgan fingerprint density at radius 1 is 0.838 bits per heavy atom. The predicted octanol–water partition coefficient (Wildman–Crippen LogP) is 3.79. The highest BCUT2D eigenvalue weighted by Crippen LogP contribution is 2.44. The molecule has 1 aliphatic rings. The first-order valence-electron chi connectivity index (χ1n) is 12.1. The number of carbonyl (C=O) groups is 3. The van der Waals surface area contributed by atoms with E-state index >= 15 is 0 Å². The highest BCUT2D eigenvalue weighted by molar-refractivity contribution is 5.89. The lowest BCUT2D eigenvalue weighted by Gasteiger charge is -2.21. The van der Waals surface area contributed by atoms with E-state index in [4.69, 9.17) is 9.47 Å². The van der Waals surface area contributed by atoms with E-state index < -0.39 is 30.1 Å². The topological polar surface area (TPSA) is 103 Å². The van der Waals surface area contributed by atoms with Crippen LogP contribution in [0, 0.1) is 0 Å². The summed E-state index contributed by atoms with van der Waals surface area (Å²) in [6.45, 7) is 1.75. The van der Waals surface area contributed by atoms with Crippen LogP contribution in [-0.4, -0.2) is 50.4 Å². The van der Waals surface area contributed by atoms with Crippen LogP contribution in [0.3, 0.4) is 0 Å². The summed E-state index contributed by atoms with van der Waals surface area (Å²) in [5.41, 5.74) is 5.34. The normalized spacial score (nSPS) is 13.6. The van der Waals surface area contributed by atoms with E-state index in [9.17, 15) is 14.4 Å². The summed E-state index contributed by atoms with van der Waals surface area (Å²) in [5.74, 6) is -1.29. The van der Waals surface area contributed by atoms with Crippen LogP contribution in [-0.2, 0) is 30.4 Å². The fourth-order valence-corrected chi connectivity index (χ4v) is 4.38. The van der Waals surface area contributed by atoms with Crippen LogP contribution in [0.2, 0.25) is 0 Å². The van der Waals surface area contributed by atoms with Gasteiger partial charge in [0.2, 0.25) is 5.91 Å². The van der Waals surface area contributed by atoms with Crippen LogP contribution >= 0.6 is 0 Å². The molecule has 1 aliphatic carbocycles. The molecule has 2 N–H and O–H groups in total. The maximum absolute atomic E-state index is 12.9. The third-order valence-electron chi connectivity index (χ3n) is 6.26. The summed E-state index contributed by atoms with van der Waals surface area (Å²) in [7, 11) is 1.24. The number of alkyl carbamates (subject to hydrolysis) is 1. The molecule has 4 rings (SSSR count). The van der Waals surface area contributed by atoms with Crippen LogP contribution in [0.1, 0.15) is 29.5 Å². The van der Waals surface area contributed by atoms with E-state index in [2.05, 4.69) is 27.5 Å². The van der Waals surface area contributed by atoms with Gasteiger partial charge in [0, 0.05) is 5.92 Å². The Kier molecular flexibility index (Phi) is 8.53. The van der Waals surface area contributed by atoms with Crippen molar-refractivity contribution in [1.29, 1.82) is 0 Å². The zero-order valence-corrected chi connectivity index (χ0v) is 20.8. The Labute approximate surface area is 215 Å². The van der Waals surface area contributed by atoms with Crippen molar-refractivity contribution in [1.82, 2.24) is 10.6 Å². The molecule has 0 spiro atoms. The molecule has 0 radical (unpaired) electrons. The highest BCUT2D eigenvalue weighted by atomic mass is 16.5. The minimum atomic E-state index is -1.08. The lowest BCUT2D eigenvalue weighted by Crippen LogP contribution is -2.53. The first kappa shape index (κ1) is 25.9. The van der Waals surface area contributed by atoms with Crippen molar-refractivity contribution in [3.05, 3.63) is 95.6 Å². The Bertz CT molecular complexity index is 1200. The number of esters is 1. The number of hydrogen-bond acceptors (Lipinski definition) is 6. The van der Waals surface area contributed by atoms with Crippen molar-refractivity contribution < 1.29 is 28.6 Å². The molecule has 37 heavy (non-hydrogen) atoms. The maximum Gasteiger partial charge on any atom is 0.407 e. The average molecular weight is 503 g/mol. The molecule has 0 fully saturated rings. The average Bonchev–Trinajstić information content (AvgIpc) is 3.25. The molecule has 2 amide bonds. The molecule has 192 valence electrons. The molecule has 0 saturated carbocycles. The second kappa shape index (κ2) is 12.2. The number of carbonyl (C=O) groups excluding carboxylic acids is 3. The Balaban J connectivity index is 1.40. The molecule has 0 aromatic heterocycles. The molecule has 0 unspecified atom stereocenters. The summed E-state index contributed by atoms with van der Waals surface area (Å²) in [4.78, 5) is 37.4. The van der Waals surface area contributed by atoms with Crippen molar-refractivity contribution in [2.45, 2.75) is 31.5 Å². The number of nitrogens with one attached hydrogen (secondary N) is 2. The van der Waals surface area contributed by atoms with Crippen LogP contribution in [0.4, 0.5) is 4.79 Å². The fraction of sp³-hybridized carbons (Fsp3) is 0.276. The van der Waals surface area contributed by atoms with Crippen LogP contribution in [0.5, 0.6) is 0 Å². The lowest BCUT2D eigenvalue weighted by molar-refractivity contribution is -0.144. The standard InChI is InChI=1S/C29H30N2O6/c1-19(28(33)35-2)30-27(32)26(18-36-16-20-10-4-3-5-11-20)31-29(34)37-17-25-23-14-8-6-12-21(23)22-13-7-9-15-24(22)25/h3-15,19,25-26H,16-18H2,1-2H3,(H,30,32)(H,31,34)/t19-,26-/m0/s1. The Hall–Kier alpha value is -4.17. The Morgan fingerprint density at radius 3 is 2.05 bits per heavy atom. The van der Waals surface area contributed by atoms with Crippen molar-refractivity contribution in [3.63, 3.8) is 0 Å². The number of ether oxygens (including phenoxy) is 3. The molecule has 0 aliphatic heterocycles. The van der Waals surface area contributed by atoms with Crippen LogP contribution in [0.15, 0.2) is 78.9 Å². The molecule has 3 aromatic carbocycles. The van der Waals surface area contributed by atoms with Gasteiger partial charge >= 0.3 is 12.1 Å². The first-order valence-corrected chi connectivity index (χ1v) is 12.1. The highest BCUT2D eigenvalue weighted by Gasteiger charge is 2.30.